The summed E-state index contributed by atoms with van der Waals surface area (Å²) >= 11 is 0. The highest BCUT2D eigenvalue weighted by atomic mass is 32.2. The van der Waals surface area contributed by atoms with Gasteiger partial charge in [-0.05, 0) is 30.0 Å². The maximum atomic E-state index is 12.3. The summed E-state index contributed by atoms with van der Waals surface area (Å²) in [4.78, 5) is 29.9. The molecular weight excluding hydrogens is 306 g/mol. The number of amides is 1. The number of carbonyl (C=O) groups is 1. The van der Waals surface area contributed by atoms with Gasteiger partial charge in [0.25, 0.3) is 15.6 Å². The molecule has 2 N–H and O–H groups in total. The number of benzene rings is 1. The van der Waals surface area contributed by atoms with Gasteiger partial charge in [-0.25, -0.2) is 18.1 Å². The van der Waals surface area contributed by atoms with Crippen molar-refractivity contribution in [2.75, 3.05) is 0 Å². The lowest BCUT2D eigenvalue weighted by atomic mass is 10.1. The van der Waals surface area contributed by atoms with E-state index in [1.165, 1.54) is 24.5 Å². The molecule has 0 aliphatic heterocycles. The highest BCUT2D eigenvalue weighted by Crippen LogP contribution is 2.51. The fraction of sp³-hybridized carbons (Fsp3) is 0.357. The lowest BCUT2D eigenvalue weighted by Crippen LogP contribution is -2.32. The molecule has 1 aliphatic carbocycles. The summed E-state index contributed by atoms with van der Waals surface area (Å²) in [6.45, 7) is 3.82. The second kappa shape index (κ2) is 4.64. The van der Waals surface area contributed by atoms with Crippen LogP contribution in [0.4, 0.5) is 0 Å². The average molecular weight is 321 g/mol. The maximum Gasteiger partial charge on any atom is 0.264 e. The van der Waals surface area contributed by atoms with Crippen molar-refractivity contribution in [2.45, 2.75) is 25.2 Å². The monoisotopic (exact) mass is 321 g/mol. The molecule has 0 unspecified atom stereocenters. The molecule has 116 valence electrons. The quantitative estimate of drug-likeness (QED) is 0.868. The van der Waals surface area contributed by atoms with E-state index in [9.17, 15) is 18.0 Å². The van der Waals surface area contributed by atoms with Gasteiger partial charge in [0, 0.05) is 5.92 Å². The Morgan fingerprint density at radius 2 is 2.09 bits per heavy atom. The minimum absolute atomic E-state index is 0.134. The Bertz CT molecular complexity index is 930. The van der Waals surface area contributed by atoms with Gasteiger partial charge in [-0.1, -0.05) is 13.8 Å². The largest absolute Gasteiger partial charge is 0.313 e. The summed E-state index contributed by atoms with van der Waals surface area (Å²) in [6, 6.07) is 3.97. The third-order valence-corrected chi connectivity index (χ3v) is 5.33. The van der Waals surface area contributed by atoms with Crippen LogP contribution in [0.2, 0.25) is 0 Å². The first-order valence-electron chi connectivity index (χ1n) is 6.75. The number of H-pyrrole nitrogens is 1. The van der Waals surface area contributed by atoms with E-state index in [4.69, 9.17) is 0 Å². The van der Waals surface area contributed by atoms with E-state index in [-0.39, 0.29) is 21.6 Å². The van der Waals surface area contributed by atoms with Gasteiger partial charge < -0.3 is 4.98 Å². The van der Waals surface area contributed by atoms with E-state index in [1.807, 2.05) is 13.8 Å². The predicted molar refractivity (Wildman–Crippen MR) is 79.6 cm³/mol. The third kappa shape index (κ3) is 2.50. The molecule has 0 radical (unpaired) electrons. The van der Waals surface area contributed by atoms with Crippen molar-refractivity contribution >= 4 is 26.8 Å². The normalized spacial score (nSPS) is 19.8. The van der Waals surface area contributed by atoms with E-state index in [1.54, 1.807) is 0 Å². The average Bonchev–Trinajstić information content (AvgIpc) is 3.08. The number of hydrogen-bond acceptors (Lipinski definition) is 5. The SMILES string of the molecule is CC1(C)C[C@@H]1C(=O)NS(=O)(=O)c1ccc2nc[nH]c(=O)c2c1. The summed E-state index contributed by atoms with van der Waals surface area (Å²) < 4.78 is 26.6. The van der Waals surface area contributed by atoms with Crippen molar-refractivity contribution in [2.24, 2.45) is 11.3 Å². The molecule has 1 fully saturated rings. The molecule has 3 rings (SSSR count). The van der Waals surface area contributed by atoms with Gasteiger partial charge in [0.05, 0.1) is 22.1 Å². The van der Waals surface area contributed by atoms with Crippen LogP contribution in [0.5, 0.6) is 0 Å². The first-order chi connectivity index (χ1) is 10.2. The van der Waals surface area contributed by atoms with Gasteiger partial charge in [0.2, 0.25) is 5.91 Å². The standard InChI is InChI=1S/C14H15N3O4S/c1-14(2)6-10(14)13(19)17-22(20,21)8-3-4-11-9(5-8)12(18)16-7-15-11/h3-5,7,10H,6H2,1-2H3,(H,17,19)(H,15,16,18)/t10-/m1/s1. The third-order valence-electron chi connectivity index (χ3n) is 3.99. The Labute approximate surface area is 126 Å². The van der Waals surface area contributed by atoms with Crippen LogP contribution >= 0.6 is 0 Å². The second-order valence-corrected chi connectivity index (χ2v) is 7.81. The van der Waals surface area contributed by atoms with Crippen molar-refractivity contribution in [3.05, 3.63) is 34.9 Å². The molecule has 0 saturated heterocycles. The number of nitrogens with zero attached hydrogens (tertiary/aromatic N) is 1. The molecule has 1 atom stereocenters. The van der Waals surface area contributed by atoms with Crippen molar-refractivity contribution in [1.82, 2.24) is 14.7 Å². The molecule has 0 spiro atoms. The predicted octanol–water partition coefficient (Wildman–Crippen LogP) is 0.774. The Morgan fingerprint density at radius 3 is 2.73 bits per heavy atom. The summed E-state index contributed by atoms with van der Waals surface area (Å²) in [7, 11) is -4.00. The molecule has 1 saturated carbocycles. The van der Waals surface area contributed by atoms with Crippen molar-refractivity contribution in [1.29, 1.82) is 0 Å². The van der Waals surface area contributed by atoms with Gasteiger partial charge in [-0.15, -0.1) is 0 Å². The smallest absolute Gasteiger partial charge is 0.264 e. The van der Waals surface area contributed by atoms with Crippen LogP contribution in [-0.4, -0.2) is 24.3 Å². The molecule has 1 heterocycles. The molecule has 1 aliphatic rings. The fourth-order valence-electron chi connectivity index (χ4n) is 2.39. The number of nitrogens with one attached hydrogen (secondary N) is 2. The zero-order chi connectivity index (χ0) is 16.1. The summed E-state index contributed by atoms with van der Waals surface area (Å²) in [5.41, 5.74) is -0.210. The Kier molecular flexibility index (Phi) is 3.10. The number of carbonyl (C=O) groups excluding carboxylic acids is 1. The lowest BCUT2D eigenvalue weighted by molar-refractivity contribution is -0.121. The van der Waals surface area contributed by atoms with Crippen LogP contribution in [-0.2, 0) is 14.8 Å². The first kappa shape index (κ1) is 14.7. The number of rotatable bonds is 3. The number of aromatic amines is 1. The highest BCUT2D eigenvalue weighted by Gasteiger charge is 2.51. The molecule has 8 heteroatoms. The van der Waals surface area contributed by atoms with Crippen molar-refractivity contribution in [3.8, 4) is 0 Å². The molecule has 0 bridgehead atoms. The van der Waals surface area contributed by atoms with Crippen LogP contribution in [0.15, 0.2) is 34.2 Å². The zero-order valence-corrected chi connectivity index (χ0v) is 12.9. The molecule has 1 amide bonds. The van der Waals surface area contributed by atoms with Crippen LogP contribution in [0.1, 0.15) is 20.3 Å². The highest BCUT2D eigenvalue weighted by molar-refractivity contribution is 7.90. The molecule has 22 heavy (non-hydrogen) atoms. The van der Waals surface area contributed by atoms with E-state index in [2.05, 4.69) is 14.7 Å². The van der Waals surface area contributed by atoms with Crippen molar-refractivity contribution < 1.29 is 13.2 Å². The first-order valence-corrected chi connectivity index (χ1v) is 8.23. The molecule has 7 nitrogen and oxygen atoms in total. The molecule has 2 aromatic rings. The number of aromatic nitrogens is 2. The van der Waals surface area contributed by atoms with Gasteiger partial charge in [0.15, 0.2) is 0 Å². The molecular formula is C14H15N3O4S. The Balaban J connectivity index is 1.94. The van der Waals surface area contributed by atoms with Crippen LogP contribution in [0, 0.1) is 11.3 Å². The van der Waals surface area contributed by atoms with E-state index in [0.29, 0.717) is 11.9 Å². The van der Waals surface area contributed by atoms with Crippen LogP contribution in [0.25, 0.3) is 10.9 Å². The van der Waals surface area contributed by atoms with E-state index >= 15 is 0 Å². The van der Waals surface area contributed by atoms with Gasteiger partial charge in [0.1, 0.15) is 0 Å². The zero-order valence-electron chi connectivity index (χ0n) is 12.1. The second-order valence-electron chi connectivity index (χ2n) is 6.13. The van der Waals surface area contributed by atoms with Crippen molar-refractivity contribution in [3.63, 3.8) is 0 Å². The van der Waals surface area contributed by atoms with E-state index < -0.39 is 21.5 Å². The van der Waals surface area contributed by atoms with Gasteiger partial charge in [-0.2, -0.15) is 0 Å². The van der Waals surface area contributed by atoms with E-state index in [0.717, 1.165) is 0 Å². The number of fused-ring (bicyclic) bond motifs is 1. The van der Waals surface area contributed by atoms with Crippen LogP contribution in [0.3, 0.4) is 0 Å². The number of sulfonamides is 1. The topological polar surface area (TPSA) is 109 Å². The number of hydrogen-bond donors (Lipinski definition) is 2. The lowest BCUT2D eigenvalue weighted by Gasteiger charge is -2.08. The van der Waals surface area contributed by atoms with Crippen LogP contribution < -0.4 is 10.3 Å². The minimum atomic E-state index is -4.00. The minimum Gasteiger partial charge on any atom is -0.313 e. The van der Waals surface area contributed by atoms with Gasteiger partial charge in [-0.3, -0.25) is 9.59 Å². The summed E-state index contributed by atoms with van der Waals surface area (Å²) in [5, 5.41) is 0.157. The summed E-state index contributed by atoms with van der Waals surface area (Å²) in [5.74, 6) is -0.807. The maximum absolute atomic E-state index is 12.3. The molecule has 1 aromatic heterocycles. The Morgan fingerprint density at radius 1 is 1.41 bits per heavy atom. The fourth-order valence-corrected chi connectivity index (χ4v) is 3.44. The Hall–Kier alpha value is -2.22. The summed E-state index contributed by atoms with van der Waals surface area (Å²) in [6.07, 6.45) is 1.91. The molecule has 1 aromatic carbocycles. The van der Waals surface area contributed by atoms with Gasteiger partial charge >= 0.3 is 0 Å².